The van der Waals surface area contributed by atoms with Gasteiger partial charge >= 0.3 is 0 Å². The van der Waals surface area contributed by atoms with E-state index in [2.05, 4.69) is 70.5 Å². The van der Waals surface area contributed by atoms with Crippen molar-refractivity contribution >= 4 is 10.8 Å². The molecule has 0 radical (unpaired) electrons. The van der Waals surface area contributed by atoms with Crippen molar-refractivity contribution in [1.29, 1.82) is 0 Å². The molecule has 1 saturated heterocycles. The normalized spacial score (nSPS) is 15.2. The predicted octanol–water partition coefficient (Wildman–Crippen LogP) is 5.95. The predicted molar refractivity (Wildman–Crippen MR) is 127 cm³/mol. The molecule has 3 nitrogen and oxygen atoms in total. The number of piperazine rings is 1. The van der Waals surface area contributed by atoms with Crippen molar-refractivity contribution in [3.63, 3.8) is 0 Å². The van der Waals surface area contributed by atoms with Crippen molar-refractivity contribution < 1.29 is 4.74 Å². The molecule has 156 valence electrons. The quantitative estimate of drug-likeness (QED) is 0.392. The smallest absolute Gasteiger partial charge is 0.127 e. The number of fused-ring (bicyclic) bond motifs is 1. The molecule has 0 N–H and O–H groups in total. The Morgan fingerprint density at radius 2 is 1.23 bits per heavy atom. The molecule has 4 aromatic carbocycles. The van der Waals surface area contributed by atoms with E-state index in [1.807, 2.05) is 36.4 Å². The first-order valence-corrected chi connectivity index (χ1v) is 11.1. The highest BCUT2D eigenvalue weighted by Gasteiger charge is 2.18. The first-order valence-electron chi connectivity index (χ1n) is 11.1. The van der Waals surface area contributed by atoms with Crippen molar-refractivity contribution in [3.05, 3.63) is 108 Å². The fourth-order valence-electron chi connectivity index (χ4n) is 4.37. The van der Waals surface area contributed by atoms with Crippen molar-refractivity contribution in [1.82, 2.24) is 9.80 Å². The van der Waals surface area contributed by atoms with Gasteiger partial charge in [-0.05, 0) is 46.2 Å². The molecular formula is C28H28N2O. The molecule has 0 spiro atoms. The molecule has 0 amide bonds. The van der Waals surface area contributed by atoms with E-state index >= 15 is 0 Å². The first-order chi connectivity index (χ1) is 15.3. The van der Waals surface area contributed by atoms with Gasteiger partial charge in [0.15, 0.2) is 0 Å². The van der Waals surface area contributed by atoms with Crippen LogP contribution in [0.25, 0.3) is 10.8 Å². The van der Waals surface area contributed by atoms with Gasteiger partial charge in [0.05, 0.1) is 0 Å². The Kier molecular flexibility index (Phi) is 5.96. The Balaban J connectivity index is 1.17. The largest absolute Gasteiger partial charge is 0.457 e. The van der Waals surface area contributed by atoms with Crippen LogP contribution >= 0.6 is 0 Å². The topological polar surface area (TPSA) is 15.7 Å². The maximum atomic E-state index is 6.00. The molecule has 0 saturated carbocycles. The van der Waals surface area contributed by atoms with Crippen molar-refractivity contribution in [2.45, 2.75) is 13.1 Å². The number of benzene rings is 4. The Labute approximate surface area is 184 Å². The highest BCUT2D eigenvalue weighted by molar-refractivity contribution is 5.85. The fraction of sp³-hybridized carbons (Fsp3) is 0.214. The van der Waals surface area contributed by atoms with Gasteiger partial charge in [-0.3, -0.25) is 9.80 Å². The van der Waals surface area contributed by atoms with Crippen LogP contribution in [0.1, 0.15) is 11.1 Å². The van der Waals surface area contributed by atoms with Gasteiger partial charge in [0.25, 0.3) is 0 Å². The zero-order valence-electron chi connectivity index (χ0n) is 17.8. The fourth-order valence-corrected chi connectivity index (χ4v) is 4.37. The van der Waals surface area contributed by atoms with Gasteiger partial charge in [-0.25, -0.2) is 0 Å². The van der Waals surface area contributed by atoms with E-state index in [1.54, 1.807) is 0 Å². The lowest BCUT2D eigenvalue weighted by atomic mass is 10.0. The van der Waals surface area contributed by atoms with Gasteiger partial charge in [0.2, 0.25) is 0 Å². The van der Waals surface area contributed by atoms with Crippen LogP contribution in [0.5, 0.6) is 11.5 Å². The maximum Gasteiger partial charge on any atom is 0.127 e. The Morgan fingerprint density at radius 1 is 0.581 bits per heavy atom. The molecule has 4 aromatic rings. The van der Waals surface area contributed by atoms with Crippen LogP contribution in [0.15, 0.2) is 97.1 Å². The summed E-state index contributed by atoms with van der Waals surface area (Å²) in [6, 6.07) is 33.8. The van der Waals surface area contributed by atoms with E-state index in [-0.39, 0.29) is 0 Å². The lowest BCUT2D eigenvalue weighted by molar-refractivity contribution is 0.122. The Morgan fingerprint density at radius 3 is 2.06 bits per heavy atom. The van der Waals surface area contributed by atoms with E-state index in [4.69, 9.17) is 4.74 Å². The van der Waals surface area contributed by atoms with Crippen LogP contribution in [-0.2, 0) is 13.1 Å². The summed E-state index contributed by atoms with van der Waals surface area (Å²) in [5.74, 6) is 1.78. The zero-order chi connectivity index (χ0) is 20.9. The molecule has 1 aliphatic heterocycles. The van der Waals surface area contributed by atoms with Crippen LogP contribution < -0.4 is 4.74 Å². The minimum absolute atomic E-state index is 0.877. The second-order valence-corrected chi connectivity index (χ2v) is 8.25. The van der Waals surface area contributed by atoms with Crippen LogP contribution in [-0.4, -0.2) is 36.0 Å². The van der Waals surface area contributed by atoms with E-state index in [0.29, 0.717) is 0 Å². The molecule has 1 fully saturated rings. The first kappa shape index (κ1) is 19.8. The molecule has 0 atom stereocenters. The average molecular weight is 409 g/mol. The average Bonchev–Trinajstić information content (AvgIpc) is 2.82. The second kappa shape index (κ2) is 9.34. The van der Waals surface area contributed by atoms with Gasteiger partial charge in [-0.2, -0.15) is 0 Å². The monoisotopic (exact) mass is 408 g/mol. The molecule has 1 heterocycles. The molecule has 0 unspecified atom stereocenters. The number of para-hydroxylation sites is 1. The van der Waals surface area contributed by atoms with Crippen LogP contribution in [0.2, 0.25) is 0 Å². The third kappa shape index (κ3) is 4.96. The molecule has 0 bridgehead atoms. The van der Waals surface area contributed by atoms with Crippen LogP contribution in [0, 0.1) is 0 Å². The van der Waals surface area contributed by atoms with Gasteiger partial charge in [0.1, 0.15) is 11.5 Å². The van der Waals surface area contributed by atoms with Crippen molar-refractivity contribution in [3.8, 4) is 11.5 Å². The number of rotatable bonds is 6. The molecule has 5 rings (SSSR count). The molecule has 3 heteroatoms. The van der Waals surface area contributed by atoms with Crippen molar-refractivity contribution in [2.24, 2.45) is 0 Å². The highest BCUT2D eigenvalue weighted by atomic mass is 16.5. The maximum absolute atomic E-state index is 6.00. The summed E-state index contributed by atoms with van der Waals surface area (Å²) in [7, 11) is 0. The SMILES string of the molecule is c1ccc(Oc2cccc(CN3CCN(Cc4cccc5ccccc45)CC3)c2)cc1. The van der Waals surface area contributed by atoms with E-state index < -0.39 is 0 Å². The summed E-state index contributed by atoms with van der Waals surface area (Å²) < 4.78 is 6.00. The van der Waals surface area contributed by atoms with Crippen LogP contribution in [0.4, 0.5) is 0 Å². The summed E-state index contributed by atoms with van der Waals surface area (Å²) in [4.78, 5) is 5.12. The molecule has 0 aliphatic carbocycles. The van der Waals surface area contributed by atoms with Gasteiger partial charge < -0.3 is 4.74 Å². The molecule has 0 aromatic heterocycles. The van der Waals surface area contributed by atoms with Crippen molar-refractivity contribution in [2.75, 3.05) is 26.2 Å². The number of ether oxygens (including phenoxy) is 1. The lowest BCUT2D eigenvalue weighted by Crippen LogP contribution is -2.45. The number of hydrogen-bond acceptors (Lipinski definition) is 3. The van der Waals surface area contributed by atoms with Gasteiger partial charge in [-0.1, -0.05) is 72.8 Å². The molecule has 1 aliphatic rings. The van der Waals surface area contributed by atoms with E-state index in [1.165, 1.54) is 21.9 Å². The van der Waals surface area contributed by atoms with Gasteiger partial charge in [-0.15, -0.1) is 0 Å². The number of hydrogen-bond donors (Lipinski definition) is 0. The highest BCUT2D eigenvalue weighted by Crippen LogP contribution is 2.23. The standard InChI is InChI=1S/C28H28N2O/c1-2-12-26(13-3-1)31-27-14-6-8-23(20-27)21-29-16-18-30(19-17-29)22-25-11-7-10-24-9-4-5-15-28(24)25/h1-15,20H,16-19,21-22H2. The lowest BCUT2D eigenvalue weighted by Gasteiger charge is -2.35. The van der Waals surface area contributed by atoms with E-state index in [0.717, 1.165) is 50.8 Å². The van der Waals surface area contributed by atoms with E-state index in [9.17, 15) is 0 Å². The second-order valence-electron chi connectivity index (χ2n) is 8.25. The molecular weight excluding hydrogens is 380 g/mol. The summed E-state index contributed by atoms with van der Waals surface area (Å²) in [5, 5.41) is 2.71. The third-order valence-electron chi connectivity index (χ3n) is 6.02. The Hall–Kier alpha value is -3.14. The summed E-state index contributed by atoms with van der Waals surface area (Å²) in [6.07, 6.45) is 0. The van der Waals surface area contributed by atoms with Gasteiger partial charge in [0, 0.05) is 39.3 Å². The Bertz CT molecular complexity index is 1130. The summed E-state index contributed by atoms with van der Waals surface area (Å²) in [5.41, 5.74) is 2.73. The third-order valence-corrected chi connectivity index (χ3v) is 6.02. The number of nitrogens with zero attached hydrogens (tertiary/aromatic N) is 2. The minimum Gasteiger partial charge on any atom is -0.457 e. The summed E-state index contributed by atoms with van der Waals surface area (Å²) in [6.45, 7) is 6.37. The molecule has 31 heavy (non-hydrogen) atoms. The minimum atomic E-state index is 0.877. The summed E-state index contributed by atoms with van der Waals surface area (Å²) >= 11 is 0. The zero-order valence-corrected chi connectivity index (χ0v) is 17.8. The van der Waals surface area contributed by atoms with Crippen LogP contribution in [0.3, 0.4) is 0 Å².